The van der Waals surface area contributed by atoms with Gasteiger partial charge in [0, 0.05) is 43.3 Å². The first-order valence-electron chi connectivity index (χ1n) is 7.87. The van der Waals surface area contributed by atoms with E-state index >= 15 is 0 Å². The van der Waals surface area contributed by atoms with Crippen LogP contribution >= 0.6 is 11.8 Å². The first-order valence-corrected chi connectivity index (χ1v) is 8.68. The first kappa shape index (κ1) is 15.9. The van der Waals surface area contributed by atoms with Crippen molar-refractivity contribution in [2.24, 2.45) is 0 Å². The smallest absolute Gasteiger partial charge is 0.168 e. The molecule has 3 aromatic rings. The Bertz CT molecular complexity index is 894. The molecule has 6 nitrogen and oxygen atoms in total. The maximum atomic E-state index is 5.39. The normalized spacial score (nSPS) is 13.1. The minimum Gasteiger partial charge on any atom is -0.364 e. The summed E-state index contributed by atoms with van der Waals surface area (Å²) < 4.78 is 7.41. The number of allylic oxidation sites excluding steroid dienone is 1. The Labute approximate surface area is 150 Å². The summed E-state index contributed by atoms with van der Waals surface area (Å²) in [4.78, 5) is 16.2. The highest BCUT2D eigenvalue weighted by Gasteiger charge is 2.25. The van der Waals surface area contributed by atoms with Gasteiger partial charge in [-0.3, -0.25) is 4.90 Å². The van der Waals surface area contributed by atoms with Gasteiger partial charge in [0.1, 0.15) is 11.8 Å². The fourth-order valence-electron chi connectivity index (χ4n) is 2.69. The lowest BCUT2D eigenvalue weighted by Gasteiger charge is -2.30. The number of benzene rings is 1. The molecule has 4 rings (SSSR count). The summed E-state index contributed by atoms with van der Waals surface area (Å²) in [5.41, 5.74) is 2.22. The van der Waals surface area contributed by atoms with E-state index in [2.05, 4.69) is 50.2 Å². The summed E-state index contributed by atoms with van der Waals surface area (Å²) in [6, 6.07) is 6.39. The summed E-state index contributed by atoms with van der Waals surface area (Å²) in [7, 11) is 1.69. The number of methoxy groups -OCH3 is 1. The Morgan fingerprint density at radius 3 is 2.96 bits per heavy atom. The molecule has 0 fully saturated rings. The van der Waals surface area contributed by atoms with Gasteiger partial charge in [0.2, 0.25) is 0 Å². The molecule has 7 heteroatoms. The van der Waals surface area contributed by atoms with Gasteiger partial charge in [-0.15, -0.1) is 0 Å². The van der Waals surface area contributed by atoms with E-state index in [1.807, 2.05) is 17.1 Å². The molecule has 0 saturated carbocycles. The van der Waals surface area contributed by atoms with Crippen molar-refractivity contribution in [2.45, 2.75) is 16.5 Å². The van der Waals surface area contributed by atoms with Gasteiger partial charge in [0.25, 0.3) is 0 Å². The van der Waals surface area contributed by atoms with E-state index in [9.17, 15) is 0 Å². The Kier molecular flexibility index (Phi) is 4.49. The van der Waals surface area contributed by atoms with E-state index in [4.69, 9.17) is 4.74 Å². The van der Waals surface area contributed by atoms with Crippen molar-refractivity contribution >= 4 is 29.3 Å². The van der Waals surface area contributed by atoms with Crippen LogP contribution in [0.1, 0.15) is 5.56 Å². The maximum absolute atomic E-state index is 5.39. The number of fused-ring (bicyclic) bond motifs is 2. The number of rotatable bonds is 5. The van der Waals surface area contributed by atoms with Crippen LogP contribution in [0.5, 0.6) is 0 Å². The number of nitrogens with zero attached hydrogens (tertiary/aromatic N) is 5. The molecule has 0 unspecified atom stereocenters. The second-order valence-corrected chi connectivity index (χ2v) is 6.55. The molecule has 0 saturated heterocycles. The molecule has 1 aliphatic rings. The second kappa shape index (κ2) is 7.08. The van der Waals surface area contributed by atoms with E-state index in [1.165, 1.54) is 0 Å². The lowest BCUT2D eigenvalue weighted by Crippen LogP contribution is -2.24. The van der Waals surface area contributed by atoms with Crippen molar-refractivity contribution < 1.29 is 4.74 Å². The lowest BCUT2D eigenvalue weighted by atomic mass is 10.1. The summed E-state index contributed by atoms with van der Waals surface area (Å²) in [6.07, 6.45) is 13.2. The summed E-state index contributed by atoms with van der Waals surface area (Å²) in [5.74, 6) is 0.835. The van der Waals surface area contributed by atoms with Crippen molar-refractivity contribution in [1.82, 2.24) is 19.5 Å². The molecular weight excluding hydrogens is 334 g/mol. The average molecular weight is 351 g/mol. The number of hydrogen-bond donors (Lipinski definition) is 0. The number of imidazole rings is 1. The molecule has 2 aromatic heterocycles. The van der Waals surface area contributed by atoms with Crippen LogP contribution in [0.2, 0.25) is 0 Å². The molecule has 3 heterocycles. The molecule has 126 valence electrons. The summed E-state index contributed by atoms with van der Waals surface area (Å²) in [6.45, 7) is 1.23. The average Bonchev–Trinajstić information content (AvgIpc) is 3.15. The molecule has 0 atom stereocenters. The van der Waals surface area contributed by atoms with Crippen molar-refractivity contribution in [1.29, 1.82) is 0 Å². The standard InChI is InChI=1S/C18H17N5OS/c1-24-13-23-15-11-14(3-2-9-22-10-8-19-12-22)4-5-16(15)25-18-17(23)20-6-7-21-18/h2-8,10-12H,9,13H2,1H3/b3-2+. The van der Waals surface area contributed by atoms with Gasteiger partial charge in [-0.1, -0.05) is 30.0 Å². The minimum atomic E-state index is 0.432. The third-order valence-corrected chi connectivity index (χ3v) is 4.87. The fraction of sp³-hybridized carbons (Fsp3) is 0.167. The molecular formula is C18H17N5OS. The largest absolute Gasteiger partial charge is 0.364 e. The quantitative estimate of drug-likeness (QED) is 0.700. The highest BCUT2D eigenvalue weighted by atomic mass is 32.2. The van der Waals surface area contributed by atoms with Gasteiger partial charge in [-0.05, 0) is 17.7 Å². The molecule has 1 aliphatic heterocycles. The third-order valence-electron chi connectivity index (χ3n) is 3.83. The van der Waals surface area contributed by atoms with E-state index < -0.39 is 0 Å². The molecule has 0 aliphatic carbocycles. The van der Waals surface area contributed by atoms with Gasteiger partial charge in [0.05, 0.1) is 12.0 Å². The Morgan fingerprint density at radius 2 is 2.12 bits per heavy atom. The van der Waals surface area contributed by atoms with Crippen LogP contribution < -0.4 is 4.90 Å². The van der Waals surface area contributed by atoms with Crippen molar-refractivity contribution in [3.63, 3.8) is 0 Å². The van der Waals surface area contributed by atoms with Crippen LogP contribution in [0.25, 0.3) is 6.08 Å². The molecule has 0 bridgehead atoms. The molecule has 0 radical (unpaired) electrons. The lowest BCUT2D eigenvalue weighted by molar-refractivity contribution is 0.205. The van der Waals surface area contributed by atoms with Crippen LogP contribution in [0.4, 0.5) is 11.5 Å². The maximum Gasteiger partial charge on any atom is 0.168 e. The van der Waals surface area contributed by atoms with Crippen LogP contribution in [0.3, 0.4) is 0 Å². The predicted molar refractivity (Wildman–Crippen MR) is 97.9 cm³/mol. The zero-order chi connectivity index (χ0) is 17.1. The highest BCUT2D eigenvalue weighted by Crippen LogP contribution is 2.46. The van der Waals surface area contributed by atoms with E-state index in [-0.39, 0.29) is 0 Å². The Morgan fingerprint density at radius 1 is 1.20 bits per heavy atom. The van der Waals surface area contributed by atoms with Crippen molar-refractivity contribution in [2.75, 3.05) is 18.7 Å². The zero-order valence-corrected chi connectivity index (χ0v) is 14.6. The second-order valence-electron chi connectivity index (χ2n) is 5.52. The zero-order valence-electron chi connectivity index (χ0n) is 13.7. The van der Waals surface area contributed by atoms with Crippen molar-refractivity contribution in [3.8, 4) is 0 Å². The molecule has 0 spiro atoms. The van der Waals surface area contributed by atoms with Crippen LogP contribution in [-0.4, -0.2) is 33.4 Å². The monoisotopic (exact) mass is 351 g/mol. The fourth-order valence-corrected chi connectivity index (χ4v) is 3.68. The SMILES string of the molecule is COCN1c2cc(/C=C/Cn3ccnc3)ccc2Sc2nccnc21. The number of anilines is 2. The predicted octanol–water partition coefficient (Wildman–Crippen LogP) is 3.59. The first-order chi connectivity index (χ1) is 12.3. The van der Waals surface area contributed by atoms with Crippen LogP contribution in [0.15, 0.2) is 65.3 Å². The number of ether oxygens (including phenoxy) is 1. The minimum absolute atomic E-state index is 0.432. The summed E-state index contributed by atoms with van der Waals surface area (Å²) in [5, 5.41) is 0.899. The van der Waals surface area contributed by atoms with Crippen LogP contribution in [0, 0.1) is 0 Å². The van der Waals surface area contributed by atoms with Gasteiger partial charge in [-0.2, -0.15) is 0 Å². The van der Waals surface area contributed by atoms with Gasteiger partial charge in [0.15, 0.2) is 5.82 Å². The van der Waals surface area contributed by atoms with Gasteiger partial charge in [-0.25, -0.2) is 15.0 Å². The summed E-state index contributed by atoms with van der Waals surface area (Å²) >= 11 is 1.64. The van der Waals surface area contributed by atoms with E-state index in [0.29, 0.717) is 6.73 Å². The Hall–Kier alpha value is -2.64. The van der Waals surface area contributed by atoms with Gasteiger partial charge >= 0.3 is 0 Å². The topological polar surface area (TPSA) is 56.1 Å². The third kappa shape index (κ3) is 3.29. The van der Waals surface area contributed by atoms with E-state index in [1.54, 1.807) is 37.5 Å². The van der Waals surface area contributed by atoms with E-state index in [0.717, 1.165) is 33.5 Å². The molecule has 0 N–H and O–H groups in total. The number of aromatic nitrogens is 4. The molecule has 0 amide bonds. The number of hydrogen-bond acceptors (Lipinski definition) is 6. The molecule has 1 aromatic carbocycles. The highest BCUT2D eigenvalue weighted by molar-refractivity contribution is 7.99. The Balaban J connectivity index is 1.63. The van der Waals surface area contributed by atoms with Gasteiger partial charge < -0.3 is 9.30 Å². The molecule has 25 heavy (non-hydrogen) atoms. The van der Waals surface area contributed by atoms with Crippen LogP contribution in [-0.2, 0) is 11.3 Å². The van der Waals surface area contributed by atoms with Crippen molar-refractivity contribution in [3.05, 3.63) is 61.0 Å².